The van der Waals surface area contributed by atoms with E-state index in [-0.39, 0.29) is 5.79 Å². The van der Waals surface area contributed by atoms with Gasteiger partial charge in [0.1, 0.15) is 0 Å². The maximum atomic E-state index is 6.06. The minimum Gasteiger partial charge on any atom is -0.347 e. The molecule has 4 aliphatic rings. The zero-order chi connectivity index (χ0) is 11.5. The van der Waals surface area contributed by atoms with Crippen LogP contribution in [0.4, 0.5) is 0 Å². The van der Waals surface area contributed by atoms with Crippen LogP contribution in [0.3, 0.4) is 0 Å². The van der Waals surface area contributed by atoms with Crippen molar-refractivity contribution in [2.24, 2.45) is 17.3 Å². The van der Waals surface area contributed by atoms with Crippen molar-refractivity contribution in [3.8, 4) is 0 Å². The first kappa shape index (κ1) is 10.6. The average molecular weight is 234 g/mol. The number of allylic oxidation sites excluding steroid dienone is 2. The zero-order valence-corrected chi connectivity index (χ0v) is 10.7. The van der Waals surface area contributed by atoms with Crippen LogP contribution in [0, 0.1) is 17.3 Å². The van der Waals surface area contributed by atoms with Crippen molar-refractivity contribution in [3.05, 3.63) is 11.6 Å². The lowest BCUT2D eigenvalue weighted by atomic mass is 9.65. The fourth-order valence-corrected chi connectivity index (χ4v) is 5.21. The Morgan fingerprint density at radius 3 is 2.88 bits per heavy atom. The minimum absolute atomic E-state index is 0.295. The van der Waals surface area contributed by atoms with Crippen LogP contribution in [0.15, 0.2) is 11.6 Å². The van der Waals surface area contributed by atoms with Gasteiger partial charge in [0.25, 0.3) is 0 Å². The van der Waals surface area contributed by atoms with Crippen LogP contribution in [0.25, 0.3) is 0 Å². The molecule has 0 unspecified atom stereocenters. The predicted octanol–water partition coefficient (Wildman–Crippen LogP) is 3.28. The van der Waals surface area contributed by atoms with E-state index in [0.717, 1.165) is 25.0 Å². The summed E-state index contributed by atoms with van der Waals surface area (Å²) >= 11 is 0. The highest BCUT2D eigenvalue weighted by atomic mass is 16.7. The molecule has 0 radical (unpaired) electrons. The van der Waals surface area contributed by atoms with E-state index in [2.05, 4.69) is 13.0 Å². The van der Waals surface area contributed by atoms with Crippen LogP contribution >= 0.6 is 0 Å². The Balaban J connectivity index is 1.79. The van der Waals surface area contributed by atoms with E-state index in [1.54, 1.807) is 5.57 Å². The molecule has 0 aromatic carbocycles. The Kier molecular flexibility index (Phi) is 2.09. The maximum absolute atomic E-state index is 6.06. The summed E-state index contributed by atoms with van der Waals surface area (Å²) in [6.07, 6.45) is 10.5. The number of hydrogen-bond acceptors (Lipinski definition) is 2. The lowest BCUT2D eigenvalue weighted by Gasteiger charge is -2.47. The van der Waals surface area contributed by atoms with E-state index in [1.165, 1.54) is 38.5 Å². The van der Waals surface area contributed by atoms with Crippen molar-refractivity contribution in [2.45, 2.75) is 51.2 Å². The van der Waals surface area contributed by atoms with Gasteiger partial charge >= 0.3 is 0 Å². The summed E-state index contributed by atoms with van der Waals surface area (Å²) in [5, 5.41) is 0. The van der Waals surface area contributed by atoms with Crippen LogP contribution in [0.2, 0.25) is 0 Å². The highest BCUT2D eigenvalue weighted by molar-refractivity contribution is 5.29. The molecule has 17 heavy (non-hydrogen) atoms. The number of ether oxygens (including phenoxy) is 2. The molecule has 1 saturated heterocycles. The molecule has 0 aromatic rings. The van der Waals surface area contributed by atoms with Gasteiger partial charge in [-0.3, -0.25) is 0 Å². The molecule has 2 saturated carbocycles. The molecule has 0 amide bonds. The molecular weight excluding hydrogens is 212 g/mol. The van der Waals surface area contributed by atoms with Gasteiger partial charge in [-0.1, -0.05) is 18.1 Å². The number of hydrogen-bond donors (Lipinski definition) is 0. The summed E-state index contributed by atoms with van der Waals surface area (Å²) in [5.41, 5.74) is 2.07. The van der Waals surface area contributed by atoms with Crippen LogP contribution in [0.1, 0.15) is 45.4 Å². The van der Waals surface area contributed by atoms with E-state index in [4.69, 9.17) is 9.47 Å². The molecule has 1 heterocycles. The summed E-state index contributed by atoms with van der Waals surface area (Å²) < 4.78 is 12.1. The first-order valence-electron chi connectivity index (χ1n) is 7.23. The molecule has 1 aliphatic heterocycles. The lowest BCUT2D eigenvalue weighted by molar-refractivity contribution is -0.242. The first-order chi connectivity index (χ1) is 8.25. The third-order valence-corrected chi connectivity index (χ3v) is 5.91. The smallest absolute Gasteiger partial charge is 0.171 e. The SMILES string of the molecule is CC1([C@]23CCC[C@H](C2)C2=CCC[C@@H]23)OCCO1. The van der Waals surface area contributed by atoms with Gasteiger partial charge < -0.3 is 9.47 Å². The number of rotatable bonds is 1. The molecule has 3 aliphatic carbocycles. The Labute approximate surface area is 103 Å². The molecule has 3 atom stereocenters. The molecule has 2 heteroatoms. The van der Waals surface area contributed by atoms with Gasteiger partial charge in [-0.25, -0.2) is 0 Å². The molecule has 0 spiro atoms. The second kappa shape index (κ2) is 3.36. The van der Waals surface area contributed by atoms with Crippen molar-refractivity contribution in [2.75, 3.05) is 13.2 Å². The van der Waals surface area contributed by atoms with Crippen molar-refractivity contribution in [3.63, 3.8) is 0 Å². The van der Waals surface area contributed by atoms with Gasteiger partial charge in [-0.15, -0.1) is 0 Å². The Hall–Kier alpha value is -0.340. The normalized spacial score (nSPS) is 47.0. The average Bonchev–Trinajstić information content (AvgIpc) is 3.01. The molecule has 0 aromatic heterocycles. The maximum Gasteiger partial charge on any atom is 0.171 e. The fourth-order valence-electron chi connectivity index (χ4n) is 5.21. The molecule has 4 rings (SSSR count). The van der Waals surface area contributed by atoms with E-state index < -0.39 is 0 Å². The van der Waals surface area contributed by atoms with Gasteiger partial charge in [-0.2, -0.15) is 0 Å². The molecule has 94 valence electrons. The van der Waals surface area contributed by atoms with E-state index in [0.29, 0.717) is 5.41 Å². The summed E-state index contributed by atoms with van der Waals surface area (Å²) in [7, 11) is 0. The molecule has 2 nitrogen and oxygen atoms in total. The van der Waals surface area contributed by atoms with Crippen molar-refractivity contribution >= 4 is 0 Å². The minimum atomic E-state index is -0.295. The van der Waals surface area contributed by atoms with Crippen molar-refractivity contribution in [1.29, 1.82) is 0 Å². The number of fused-ring (bicyclic) bond motifs is 5. The Morgan fingerprint density at radius 2 is 2.06 bits per heavy atom. The van der Waals surface area contributed by atoms with Crippen LogP contribution in [0.5, 0.6) is 0 Å². The third-order valence-electron chi connectivity index (χ3n) is 5.91. The molecule has 2 bridgehead atoms. The van der Waals surface area contributed by atoms with Gasteiger partial charge in [0.2, 0.25) is 0 Å². The highest BCUT2D eigenvalue weighted by Gasteiger charge is 2.63. The summed E-state index contributed by atoms with van der Waals surface area (Å²) in [6.45, 7) is 3.78. The fraction of sp³-hybridized carbons (Fsp3) is 0.867. The quantitative estimate of drug-likeness (QED) is 0.648. The summed E-state index contributed by atoms with van der Waals surface area (Å²) in [6, 6.07) is 0. The van der Waals surface area contributed by atoms with Crippen LogP contribution in [-0.2, 0) is 9.47 Å². The first-order valence-corrected chi connectivity index (χ1v) is 7.23. The zero-order valence-electron chi connectivity index (χ0n) is 10.7. The predicted molar refractivity (Wildman–Crippen MR) is 65.5 cm³/mol. The topological polar surface area (TPSA) is 18.5 Å². The van der Waals surface area contributed by atoms with Gasteiger partial charge in [0.15, 0.2) is 5.79 Å². The van der Waals surface area contributed by atoms with Gasteiger partial charge in [-0.05, 0) is 50.9 Å². The second-order valence-electron chi connectivity index (χ2n) is 6.43. The summed E-state index contributed by atoms with van der Waals surface area (Å²) in [5.74, 6) is 1.31. The van der Waals surface area contributed by atoms with E-state index in [1.807, 2.05) is 0 Å². The molecular formula is C15H22O2. The molecule has 0 N–H and O–H groups in total. The summed E-state index contributed by atoms with van der Waals surface area (Å²) in [4.78, 5) is 0. The monoisotopic (exact) mass is 234 g/mol. The second-order valence-corrected chi connectivity index (χ2v) is 6.43. The van der Waals surface area contributed by atoms with Crippen LogP contribution < -0.4 is 0 Å². The van der Waals surface area contributed by atoms with E-state index in [9.17, 15) is 0 Å². The van der Waals surface area contributed by atoms with Crippen molar-refractivity contribution in [1.82, 2.24) is 0 Å². The lowest BCUT2D eigenvalue weighted by Crippen LogP contribution is -2.50. The third kappa shape index (κ3) is 1.18. The van der Waals surface area contributed by atoms with Gasteiger partial charge in [0.05, 0.1) is 13.2 Å². The Bertz CT molecular complexity index is 367. The van der Waals surface area contributed by atoms with Crippen LogP contribution in [-0.4, -0.2) is 19.0 Å². The van der Waals surface area contributed by atoms with Gasteiger partial charge in [0, 0.05) is 5.41 Å². The molecule has 3 fully saturated rings. The largest absolute Gasteiger partial charge is 0.347 e. The van der Waals surface area contributed by atoms with E-state index >= 15 is 0 Å². The Morgan fingerprint density at radius 1 is 1.24 bits per heavy atom. The highest BCUT2D eigenvalue weighted by Crippen LogP contribution is 2.66. The van der Waals surface area contributed by atoms with Crippen molar-refractivity contribution < 1.29 is 9.47 Å². The standard InChI is InChI=1S/C15H22O2/c1-14(16-8-9-17-14)15-7-3-4-11(10-15)12-5-2-6-13(12)15/h5,11,13H,2-4,6-10H2,1H3/t11-,13+,15-/m1/s1.